The molecule has 0 atom stereocenters. The Morgan fingerprint density at radius 1 is 1.22 bits per heavy atom. The molecule has 0 bridgehead atoms. The Balaban J connectivity index is 2.10. The van der Waals surface area contributed by atoms with Crippen LogP contribution in [0.5, 0.6) is 0 Å². The number of anilines is 1. The molecule has 0 radical (unpaired) electrons. The number of hydrogen-bond donors (Lipinski definition) is 1. The van der Waals surface area contributed by atoms with Crippen molar-refractivity contribution in [3.8, 4) is 6.07 Å². The fraction of sp³-hybridized carbons (Fsp3) is 0.133. The van der Waals surface area contributed by atoms with Crippen molar-refractivity contribution in [3.05, 3.63) is 65.0 Å². The minimum absolute atomic E-state index is 0.213. The Morgan fingerprint density at radius 3 is 2.67 bits per heavy atom. The van der Waals surface area contributed by atoms with Crippen LogP contribution in [0.25, 0.3) is 0 Å². The summed E-state index contributed by atoms with van der Waals surface area (Å²) in [5.74, 6) is -0.213. The molecule has 0 heterocycles. The van der Waals surface area contributed by atoms with Crippen LogP contribution < -0.4 is 5.32 Å². The summed E-state index contributed by atoms with van der Waals surface area (Å²) >= 11 is 0. The maximum Gasteiger partial charge on any atom is 0.128 e. The van der Waals surface area contributed by atoms with Crippen LogP contribution in [0.2, 0.25) is 0 Å². The predicted octanol–water partition coefficient (Wildman–Crippen LogP) is 3.62. The number of benzene rings is 2. The lowest BCUT2D eigenvalue weighted by atomic mass is 10.1. The number of halogens is 1. The topological polar surface area (TPSA) is 35.8 Å². The van der Waals surface area contributed by atoms with Crippen molar-refractivity contribution >= 4 is 5.69 Å². The highest BCUT2D eigenvalue weighted by molar-refractivity contribution is 5.51. The average molecular weight is 240 g/mol. The molecule has 0 aliphatic rings. The third-order valence-corrected chi connectivity index (χ3v) is 2.79. The molecule has 0 saturated carbocycles. The van der Waals surface area contributed by atoms with Gasteiger partial charge in [-0.2, -0.15) is 5.26 Å². The summed E-state index contributed by atoms with van der Waals surface area (Å²) in [4.78, 5) is 0. The van der Waals surface area contributed by atoms with Crippen molar-refractivity contribution < 1.29 is 4.39 Å². The zero-order valence-corrected chi connectivity index (χ0v) is 10.1. The molecule has 2 rings (SSSR count). The van der Waals surface area contributed by atoms with E-state index in [9.17, 15) is 4.39 Å². The third kappa shape index (κ3) is 2.67. The van der Waals surface area contributed by atoms with Gasteiger partial charge in [-0.25, -0.2) is 4.39 Å². The van der Waals surface area contributed by atoms with E-state index in [4.69, 9.17) is 5.26 Å². The first-order valence-corrected chi connectivity index (χ1v) is 5.69. The fourth-order valence-electron chi connectivity index (χ4n) is 1.74. The summed E-state index contributed by atoms with van der Waals surface area (Å²) in [6, 6.07) is 14.3. The molecule has 0 aromatic heterocycles. The summed E-state index contributed by atoms with van der Waals surface area (Å²) in [6.07, 6.45) is 0. The molecular weight excluding hydrogens is 227 g/mol. The molecule has 0 amide bonds. The van der Waals surface area contributed by atoms with E-state index < -0.39 is 0 Å². The van der Waals surface area contributed by atoms with Crippen LogP contribution in [-0.2, 0) is 6.54 Å². The van der Waals surface area contributed by atoms with E-state index in [1.54, 1.807) is 18.2 Å². The molecular formula is C15H13FN2. The molecule has 90 valence electrons. The van der Waals surface area contributed by atoms with Gasteiger partial charge in [-0.1, -0.05) is 18.2 Å². The van der Waals surface area contributed by atoms with Crippen molar-refractivity contribution in [3.63, 3.8) is 0 Å². The van der Waals surface area contributed by atoms with E-state index in [1.807, 2.05) is 25.1 Å². The molecule has 2 aromatic rings. The zero-order valence-electron chi connectivity index (χ0n) is 10.1. The molecule has 0 aliphatic carbocycles. The lowest BCUT2D eigenvalue weighted by molar-refractivity contribution is 0.613. The largest absolute Gasteiger partial charge is 0.381 e. The van der Waals surface area contributed by atoms with Gasteiger partial charge in [0.2, 0.25) is 0 Å². The number of rotatable bonds is 3. The first-order chi connectivity index (χ1) is 8.70. The first-order valence-electron chi connectivity index (χ1n) is 5.69. The Morgan fingerprint density at radius 2 is 2.00 bits per heavy atom. The monoisotopic (exact) mass is 240 g/mol. The molecule has 0 saturated heterocycles. The van der Waals surface area contributed by atoms with E-state index in [0.29, 0.717) is 17.7 Å². The van der Waals surface area contributed by atoms with Gasteiger partial charge in [-0.3, -0.25) is 0 Å². The van der Waals surface area contributed by atoms with Gasteiger partial charge in [0.1, 0.15) is 5.82 Å². The summed E-state index contributed by atoms with van der Waals surface area (Å²) in [6.45, 7) is 2.31. The highest BCUT2D eigenvalue weighted by atomic mass is 19.1. The highest BCUT2D eigenvalue weighted by Crippen LogP contribution is 2.16. The first kappa shape index (κ1) is 12.1. The minimum atomic E-state index is -0.213. The third-order valence-electron chi connectivity index (χ3n) is 2.79. The summed E-state index contributed by atoms with van der Waals surface area (Å²) < 4.78 is 13.4. The minimum Gasteiger partial charge on any atom is -0.381 e. The van der Waals surface area contributed by atoms with Crippen LogP contribution in [0.15, 0.2) is 42.5 Å². The fourth-order valence-corrected chi connectivity index (χ4v) is 1.74. The maximum absolute atomic E-state index is 13.4. The lowest BCUT2D eigenvalue weighted by Gasteiger charge is -2.08. The SMILES string of the molecule is Cc1cc(NCc2ccccc2F)ccc1C#N. The molecule has 0 unspecified atom stereocenters. The lowest BCUT2D eigenvalue weighted by Crippen LogP contribution is -2.02. The molecule has 2 nitrogen and oxygen atoms in total. The zero-order chi connectivity index (χ0) is 13.0. The van der Waals surface area contributed by atoms with E-state index in [1.165, 1.54) is 6.07 Å². The standard InChI is InChI=1S/C15H13FN2/c1-11-8-14(7-6-12(11)9-17)18-10-13-4-2-3-5-15(13)16/h2-8,18H,10H2,1H3. The van der Waals surface area contributed by atoms with E-state index >= 15 is 0 Å². The second kappa shape index (κ2) is 5.33. The molecule has 3 heteroatoms. The second-order valence-electron chi connectivity index (χ2n) is 4.09. The van der Waals surface area contributed by atoms with Gasteiger partial charge in [0.15, 0.2) is 0 Å². The quantitative estimate of drug-likeness (QED) is 0.889. The van der Waals surface area contributed by atoms with Gasteiger partial charge in [0.05, 0.1) is 11.6 Å². The number of nitrogens with zero attached hydrogens (tertiary/aromatic N) is 1. The second-order valence-corrected chi connectivity index (χ2v) is 4.09. The predicted molar refractivity (Wildman–Crippen MR) is 69.6 cm³/mol. The Kier molecular flexibility index (Phi) is 3.59. The molecule has 0 spiro atoms. The van der Waals surface area contributed by atoms with E-state index in [-0.39, 0.29) is 5.82 Å². The Hall–Kier alpha value is -2.34. The Labute approximate surface area is 106 Å². The number of nitriles is 1. The van der Waals surface area contributed by atoms with E-state index in [0.717, 1.165) is 11.3 Å². The van der Waals surface area contributed by atoms with Crippen LogP contribution >= 0.6 is 0 Å². The van der Waals surface area contributed by atoms with Gasteiger partial charge < -0.3 is 5.32 Å². The molecule has 0 aliphatic heterocycles. The van der Waals surface area contributed by atoms with Crippen LogP contribution in [0, 0.1) is 24.1 Å². The number of nitrogens with one attached hydrogen (secondary N) is 1. The number of aryl methyl sites for hydroxylation is 1. The number of hydrogen-bond acceptors (Lipinski definition) is 2. The summed E-state index contributed by atoms with van der Waals surface area (Å²) in [5.41, 5.74) is 3.08. The molecule has 0 fully saturated rings. The van der Waals surface area contributed by atoms with E-state index in [2.05, 4.69) is 11.4 Å². The van der Waals surface area contributed by atoms with Gasteiger partial charge in [0.25, 0.3) is 0 Å². The molecule has 2 aromatic carbocycles. The molecule has 1 N–H and O–H groups in total. The average Bonchev–Trinajstić information content (AvgIpc) is 2.38. The van der Waals surface area contributed by atoms with Crippen LogP contribution in [0.3, 0.4) is 0 Å². The van der Waals surface area contributed by atoms with Crippen molar-refractivity contribution in [2.75, 3.05) is 5.32 Å². The van der Waals surface area contributed by atoms with Crippen LogP contribution in [-0.4, -0.2) is 0 Å². The van der Waals surface area contributed by atoms with Crippen molar-refractivity contribution in [1.82, 2.24) is 0 Å². The smallest absolute Gasteiger partial charge is 0.128 e. The highest BCUT2D eigenvalue weighted by Gasteiger charge is 2.02. The normalized spacial score (nSPS) is 9.83. The van der Waals surface area contributed by atoms with Crippen molar-refractivity contribution in [1.29, 1.82) is 5.26 Å². The van der Waals surface area contributed by atoms with Crippen LogP contribution in [0.1, 0.15) is 16.7 Å². The van der Waals surface area contributed by atoms with Gasteiger partial charge in [-0.05, 0) is 36.8 Å². The van der Waals surface area contributed by atoms with Crippen molar-refractivity contribution in [2.45, 2.75) is 13.5 Å². The Bertz CT molecular complexity index is 600. The van der Waals surface area contributed by atoms with Crippen LogP contribution in [0.4, 0.5) is 10.1 Å². The van der Waals surface area contributed by atoms with Gasteiger partial charge >= 0.3 is 0 Å². The van der Waals surface area contributed by atoms with Gasteiger partial charge in [0, 0.05) is 17.8 Å². The molecule has 18 heavy (non-hydrogen) atoms. The van der Waals surface area contributed by atoms with Crippen molar-refractivity contribution in [2.24, 2.45) is 0 Å². The summed E-state index contributed by atoms with van der Waals surface area (Å²) in [7, 11) is 0. The maximum atomic E-state index is 13.4. The van der Waals surface area contributed by atoms with Gasteiger partial charge in [-0.15, -0.1) is 0 Å². The summed E-state index contributed by atoms with van der Waals surface area (Å²) in [5, 5.41) is 12.0.